The van der Waals surface area contributed by atoms with Crippen molar-refractivity contribution in [1.29, 1.82) is 0 Å². The van der Waals surface area contributed by atoms with Gasteiger partial charge >= 0.3 is 0 Å². The van der Waals surface area contributed by atoms with Crippen LogP contribution >= 0.6 is 0 Å². The summed E-state index contributed by atoms with van der Waals surface area (Å²) in [4.78, 5) is 23.3. The van der Waals surface area contributed by atoms with Gasteiger partial charge in [0.15, 0.2) is 6.61 Å². The smallest absolute Gasteiger partial charge is 0.276 e. The van der Waals surface area contributed by atoms with Crippen molar-refractivity contribution < 1.29 is 28.2 Å². The predicted octanol–water partition coefficient (Wildman–Crippen LogP) is 2.61. The Hall–Kier alpha value is -3.29. The van der Waals surface area contributed by atoms with Gasteiger partial charge in [-0.1, -0.05) is 6.07 Å². The first kappa shape index (κ1) is 21.0. The van der Waals surface area contributed by atoms with E-state index in [0.717, 1.165) is 11.8 Å². The highest BCUT2D eigenvalue weighted by Gasteiger charge is 2.06. The summed E-state index contributed by atoms with van der Waals surface area (Å²) in [6.07, 6.45) is 0.663. The van der Waals surface area contributed by atoms with Gasteiger partial charge in [-0.15, -0.1) is 0 Å². The fraction of sp³-hybridized carbons (Fsp3) is 0.300. The molecule has 0 aromatic heterocycles. The number of benzene rings is 2. The van der Waals surface area contributed by atoms with Crippen LogP contribution in [0.4, 0.5) is 4.39 Å². The SMILES string of the molecule is CCOc1ccc(OCCCC(=O)NNC(=O)COc2cccc(F)c2)cc1. The van der Waals surface area contributed by atoms with Crippen molar-refractivity contribution in [3.05, 3.63) is 54.3 Å². The second-order valence-electron chi connectivity index (χ2n) is 5.70. The first-order chi connectivity index (χ1) is 13.6. The van der Waals surface area contributed by atoms with E-state index in [1.54, 1.807) is 12.1 Å². The van der Waals surface area contributed by atoms with Gasteiger partial charge in [-0.25, -0.2) is 4.39 Å². The van der Waals surface area contributed by atoms with Crippen LogP contribution in [0.25, 0.3) is 0 Å². The number of carbonyl (C=O) groups is 2. The molecule has 2 amide bonds. The number of nitrogens with one attached hydrogen (secondary N) is 2. The Balaban J connectivity index is 1.56. The molecule has 0 unspecified atom stereocenters. The molecule has 0 radical (unpaired) electrons. The van der Waals surface area contributed by atoms with Crippen LogP contribution in [0.15, 0.2) is 48.5 Å². The Morgan fingerprint density at radius 1 is 0.893 bits per heavy atom. The van der Waals surface area contributed by atoms with E-state index in [4.69, 9.17) is 14.2 Å². The highest BCUT2D eigenvalue weighted by molar-refractivity contribution is 5.82. The lowest BCUT2D eigenvalue weighted by atomic mass is 10.3. The van der Waals surface area contributed by atoms with E-state index in [2.05, 4.69) is 10.9 Å². The van der Waals surface area contributed by atoms with Crippen LogP contribution in [0.1, 0.15) is 19.8 Å². The largest absolute Gasteiger partial charge is 0.494 e. The Morgan fingerprint density at radius 3 is 2.25 bits per heavy atom. The average Bonchev–Trinajstić information content (AvgIpc) is 2.69. The van der Waals surface area contributed by atoms with Gasteiger partial charge in [0.2, 0.25) is 5.91 Å². The normalized spacial score (nSPS) is 10.1. The molecule has 150 valence electrons. The van der Waals surface area contributed by atoms with Crippen LogP contribution in [0.3, 0.4) is 0 Å². The molecule has 2 aromatic rings. The van der Waals surface area contributed by atoms with Crippen LogP contribution in [-0.2, 0) is 9.59 Å². The van der Waals surface area contributed by atoms with Crippen LogP contribution in [0.2, 0.25) is 0 Å². The fourth-order valence-electron chi connectivity index (χ4n) is 2.17. The van der Waals surface area contributed by atoms with Gasteiger partial charge in [-0.2, -0.15) is 0 Å². The van der Waals surface area contributed by atoms with Gasteiger partial charge in [-0.3, -0.25) is 20.4 Å². The molecule has 8 heteroatoms. The van der Waals surface area contributed by atoms with Crippen molar-refractivity contribution in [2.45, 2.75) is 19.8 Å². The number of hydrogen-bond acceptors (Lipinski definition) is 5. The molecule has 2 rings (SSSR count). The molecule has 0 saturated carbocycles. The van der Waals surface area contributed by atoms with Gasteiger partial charge < -0.3 is 14.2 Å². The number of ether oxygens (including phenoxy) is 3. The first-order valence-corrected chi connectivity index (χ1v) is 8.88. The minimum atomic E-state index is -0.553. The zero-order valence-electron chi connectivity index (χ0n) is 15.6. The standard InChI is InChI=1S/C20H23FN2O5/c1-2-26-16-8-10-17(11-9-16)27-12-4-7-19(24)22-23-20(25)14-28-18-6-3-5-15(21)13-18/h3,5-6,8-11,13H,2,4,7,12,14H2,1H3,(H,22,24)(H,23,25). The van der Waals surface area contributed by atoms with Gasteiger partial charge in [0.1, 0.15) is 23.1 Å². The van der Waals surface area contributed by atoms with E-state index in [-0.39, 0.29) is 24.7 Å². The van der Waals surface area contributed by atoms with Gasteiger partial charge in [-0.05, 0) is 49.7 Å². The minimum Gasteiger partial charge on any atom is -0.494 e. The van der Waals surface area contributed by atoms with Crippen LogP contribution in [0.5, 0.6) is 17.2 Å². The lowest BCUT2D eigenvalue weighted by Gasteiger charge is -2.10. The quantitative estimate of drug-likeness (QED) is 0.481. The number of amides is 2. The Kier molecular flexibility index (Phi) is 8.58. The van der Waals surface area contributed by atoms with E-state index in [1.165, 1.54) is 18.2 Å². The number of carbonyl (C=O) groups excluding carboxylic acids is 2. The highest BCUT2D eigenvalue weighted by atomic mass is 19.1. The third-order valence-electron chi connectivity index (χ3n) is 3.46. The highest BCUT2D eigenvalue weighted by Crippen LogP contribution is 2.17. The third-order valence-corrected chi connectivity index (χ3v) is 3.46. The maximum Gasteiger partial charge on any atom is 0.276 e. The van der Waals surface area contributed by atoms with E-state index >= 15 is 0 Å². The molecular formula is C20H23FN2O5. The van der Waals surface area contributed by atoms with Gasteiger partial charge in [0.25, 0.3) is 5.91 Å². The summed E-state index contributed by atoms with van der Waals surface area (Å²) in [6, 6.07) is 12.6. The number of halogens is 1. The first-order valence-electron chi connectivity index (χ1n) is 8.88. The van der Waals surface area contributed by atoms with Crippen molar-refractivity contribution in [2.24, 2.45) is 0 Å². The maximum atomic E-state index is 13.0. The summed E-state index contributed by atoms with van der Waals surface area (Å²) in [7, 11) is 0. The zero-order chi connectivity index (χ0) is 20.2. The second-order valence-corrected chi connectivity index (χ2v) is 5.70. The topological polar surface area (TPSA) is 85.9 Å². The van der Waals surface area contributed by atoms with Crippen LogP contribution in [0, 0.1) is 5.82 Å². The van der Waals surface area contributed by atoms with Crippen molar-refractivity contribution in [2.75, 3.05) is 19.8 Å². The molecule has 0 spiro atoms. The summed E-state index contributed by atoms with van der Waals surface area (Å²) in [5, 5.41) is 0. The summed E-state index contributed by atoms with van der Waals surface area (Å²) >= 11 is 0. The molecule has 0 bridgehead atoms. The summed E-state index contributed by atoms with van der Waals surface area (Å²) < 4.78 is 29.0. The molecule has 0 heterocycles. The van der Waals surface area contributed by atoms with Crippen molar-refractivity contribution in [3.8, 4) is 17.2 Å². The minimum absolute atomic E-state index is 0.183. The molecule has 0 fully saturated rings. The van der Waals surface area contributed by atoms with Crippen molar-refractivity contribution in [1.82, 2.24) is 10.9 Å². The molecule has 0 aliphatic carbocycles. The van der Waals surface area contributed by atoms with E-state index in [0.29, 0.717) is 25.4 Å². The molecule has 0 atom stereocenters. The molecule has 0 aliphatic rings. The van der Waals surface area contributed by atoms with E-state index in [9.17, 15) is 14.0 Å². The average molecular weight is 390 g/mol. The number of hydrogen-bond donors (Lipinski definition) is 2. The summed E-state index contributed by atoms with van der Waals surface area (Å²) in [5.41, 5.74) is 4.52. The predicted molar refractivity (Wildman–Crippen MR) is 101 cm³/mol. The fourth-order valence-corrected chi connectivity index (χ4v) is 2.17. The Bertz CT molecular complexity index is 767. The molecule has 7 nitrogen and oxygen atoms in total. The van der Waals surface area contributed by atoms with Crippen LogP contribution < -0.4 is 25.1 Å². The summed E-state index contributed by atoms with van der Waals surface area (Å²) in [5.74, 6) is 0.322. The molecule has 2 aromatic carbocycles. The lowest BCUT2D eigenvalue weighted by molar-refractivity contribution is -0.130. The monoisotopic (exact) mass is 390 g/mol. The van der Waals surface area contributed by atoms with Crippen molar-refractivity contribution >= 4 is 11.8 Å². The number of hydrazine groups is 1. The molecule has 0 aliphatic heterocycles. The van der Waals surface area contributed by atoms with E-state index in [1.807, 2.05) is 19.1 Å². The van der Waals surface area contributed by atoms with Gasteiger partial charge in [0.05, 0.1) is 13.2 Å². The second kappa shape index (κ2) is 11.4. The molecule has 2 N–H and O–H groups in total. The van der Waals surface area contributed by atoms with Gasteiger partial charge in [0, 0.05) is 12.5 Å². The molecule has 0 saturated heterocycles. The van der Waals surface area contributed by atoms with Crippen molar-refractivity contribution in [3.63, 3.8) is 0 Å². The van der Waals surface area contributed by atoms with E-state index < -0.39 is 11.7 Å². The zero-order valence-corrected chi connectivity index (χ0v) is 15.6. The third kappa shape index (κ3) is 7.94. The maximum absolute atomic E-state index is 13.0. The lowest BCUT2D eigenvalue weighted by Crippen LogP contribution is -2.43. The Morgan fingerprint density at radius 2 is 1.57 bits per heavy atom. The molecular weight excluding hydrogens is 367 g/mol. The summed E-state index contributed by atoms with van der Waals surface area (Å²) in [6.45, 7) is 2.53. The number of rotatable bonds is 10. The molecule has 28 heavy (non-hydrogen) atoms. The Labute approximate surface area is 162 Å². The van der Waals surface area contributed by atoms with Crippen LogP contribution in [-0.4, -0.2) is 31.6 Å².